The van der Waals surface area contributed by atoms with Crippen LogP contribution in [0.25, 0.3) is 0 Å². The Kier molecular flexibility index (Phi) is 4.27. The summed E-state index contributed by atoms with van der Waals surface area (Å²) in [5.41, 5.74) is 0.257. The molecular weight excluding hydrogens is 320 g/mol. The summed E-state index contributed by atoms with van der Waals surface area (Å²) in [6, 6.07) is 6.69. The highest BCUT2D eigenvalue weighted by Gasteiger charge is 2.42. The van der Waals surface area contributed by atoms with Crippen molar-refractivity contribution in [3.8, 4) is 5.75 Å². The van der Waals surface area contributed by atoms with Gasteiger partial charge in [-0.05, 0) is 48.9 Å². The first-order valence-corrected chi connectivity index (χ1v) is 9.14. The van der Waals surface area contributed by atoms with Gasteiger partial charge in [-0.15, -0.1) is 0 Å². The van der Waals surface area contributed by atoms with Crippen LogP contribution in [-0.4, -0.2) is 59.2 Å². The number of benzene rings is 1. The molecule has 4 rings (SSSR count). The lowest BCUT2D eigenvalue weighted by Crippen LogP contribution is -2.47. The highest BCUT2D eigenvalue weighted by atomic mass is 16.5. The highest BCUT2D eigenvalue weighted by Crippen LogP contribution is 2.40. The van der Waals surface area contributed by atoms with Crippen molar-refractivity contribution < 1.29 is 19.4 Å². The molecule has 1 aromatic rings. The van der Waals surface area contributed by atoms with Gasteiger partial charge in [0.25, 0.3) is 0 Å². The van der Waals surface area contributed by atoms with Crippen LogP contribution in [0.15, 0.2) is 24.3 Å². The summed E-state index contributed by atoms with van der Waals surface area (Å²) in [4.78, 5) is 27.5. The molecule has 3 aliphatic rings. The maximum Gasteiger partial charge on any atom is 0.335 e. The van der Waals surface area contributed by atoms with E-state index in [2.05, 4.69) is 0 Å². The lowest BCUT2D eigenvalue weighted by atomic mass is 9.77. The van der Waals surface area contributed by atoms with Crippen molar-refractivity contribution in [1.82, 2.24) is 9.80 Å². The molecule has 2 aliphatic heterocycles. The van der Waals surface area contributed by atoms with E-state index in [4.69, 9.17) is 9.84 Å². The van der Waals surface area contributed by atoms with Gasteiger partial charge in [0.05, 0.1) is 5.56 Å². The second-order valence-corrected chi connectivity index (χ2v) is 7.42. The summed E-state index contributed by atoms with van der Waals surface area (Å²) >= 11 is 0. The highest BCUT2D eigenvalue weighted by molar-refractivity contribution is 5.87. The van der Waals surface area contributed by atoms with Crippen LogP contribution in [0.4, 0.5) is 4.79 Å². The van der Waals surface area contributed by atoms with Crippen LogP contribution in [0, 0.1) is 11.8 Å². The van der Waals surface area contributed by atoms with Gasteiger partial charge in [0.1, 0.15) is 11.9 Å². The van der Waals surface area contributed by atoms with E-state index in [1.54, 1.807) is 24.3 Å². The zero-order valence-electron chi connectivity index (χ0n) is 14.3. The number of likely N-dealkylation sites (tertiary alicyclic amines) is 2. The predicted molar refractivity (Wildman–Crippen MR) is 91.8 cm³/mol. The second kappa shape index (κ2) is 6.58. The molecule has 2 heterocycles. The van der Waals surface area contributed by atoms with E-state index in [9.17, 15) is 9.59 Å². The maximum atomic E-state index is 12.6. The van der Waals surface area contributed by atoms with Crippen molar-refractivity contribution in [2.24, 2.45) is 11.8 Å². The average Bonchev–Trinajstić information content (AvgIpc) is 2.90. The number of hydrogen-bond acceptors (Lipinski definition) is 3. The third-order valence-corrected chi connectivity index (χ3v) is 5.87. The number of ether oxygens (including phenoxy) is 1. The first kappa shape index (κ1) is 16.2. The molecule has 0 spiro atoms. The fourth-order valence-corrected chi connectivity index (χ4v) is 4.15. The van der Waals surface area contributed by atoms with Gasteiger partial charge in [-0.2, -0.15) is 0 Å². The van der Waals surface area contributed by atoms with Gasteiger partial charge in [-0.3, -0.25) is 0 Å². The molecule has 2 saturated heterocycles. The van der Waals surface area contributed by atoms with E-state index < -0.39 is 5.97 Å². The Labute approximate surface area is 147 Å². The summed E-state index contributed by atoms with van der Waals surface area (Å²) in [7, 11) is 0. The van der Waals surface area contributed by atoms with Crippen LogP contribution in [0.3, 0.4) is 0 Å². The predicted octanol–water partition coefficient (Wildman–Crippen LogP) is 2.69. The van der Waals surface area contributed by atoms with Crippen molar-refractivity contribution in [3.63, 3.8) is 0 Å². The number of amides is 2. The number of carbonyl (C=O) groups excluding carboxylic acids is 1. The summed E-state index contributed by atoms with van der Waals surface area (Å²) < 4.78 is 5.94. The standard InChI is InChI=1S/C19H24N2O4/c22-18(23)13-3-5-16(6-4-13)25-17-7-9-20(10-8-17)19(24)21-11-14-1-2-15(14)12-21/h3-6,14-15,17H,1-2,7-12H2,(H,22,23)/t14-,15+. The third-order valence-electron chi connectivity index (χ3n) is 5.87. The number of carboxylic acid groups (broad SMARTS) is 1. The number of aromatic carboxylic acids is 1. The number of carboxylic acids is 1. The SMILES string of the molecule is O=C(O)c1ccc(OC2CCN(C(=O)N3C[C@H]4CC[C@H]4C3)CC2)cc1. The van der Waals surface area contributed by atoms with Crippen LogP contribution < -0.4 is 4.74 Å². The summed E-state index contributed by atoms with van der Waals surface area (Å²) in [6.45, 7) is 3.33. The summed E-state index contributed by atoms with van der Waals surface area (Å²) in [5, 5.41) is 8.92. The van der Waals surface area contributed by atoms with Crippen LogP contribution in [0.1, 0.15) is 36.0 Å². The van der Waals surface area contributed by atoms with Crippen LogP contribution in [0.5, 0.6) is 5.75 Å². The summed E-state index contributed by atoms with van der Waals surface area (Å²) in [5.74, 6) is 1.25. The number of hydrogen-bond donors (Lipinski definition) is 1. The molecule has 134 valence electrons. The Morgan fingerprint density at radius 2 is 1.52 bits per heavy atom. The lowest BCUT2D eigenvalue weighted by Gasteiger charge is -2.34. The van der Waals surface area contributed by atoms with E-state index in [-0.39, 0.29) is 17.7 Å². The van der Waals surface area contributed by atoms with Crippen LogP contribution >= 0.6 is 0 Å². The molecule has 1 aromatic carbocycles. The molecule has 2 amide bonds. The molecule has 1 N–H and O–H groups in total. The molecule has 3 fully saturated rings. The van der Waals surface area contributed by atoms with Crippen molar-refractivity contribution in [3.05, 3.63) is 29.8 Å². The zero-order valence-corrected chi connectivity index (χ0v) is 14.3. The largest absolute Gasteiger partial charge is 0.490 e. The van der Waals surface area contributed by atoms with E-state index in [1.807, 2.05) is 9.80 Å². The third kappa shape index (κ3) is 3.30. The average molecular weight is 344 g/mol. The number of nitrogens with zero attached hydrogens (tertiary/aromatic N) is 2. The van der Waals surface area contributed by atoms with Crippen LogP contribution in [0.2, 0.25) is 0 Å². The maximum absolute atomic E-state index is 12.6. The molecule has 0 aromatic heterocycles. The molecule has 1 saturated carbocycles. The van der Waals surface area contributed by atoms with E-state index in [1.165, 1.54) is 12.8 Å². The van der Waals surface area contributed by atoms with Crippen molar-refractivity contribution in [2.75, 3.05) is 26.2 Å². The van der Waals surface area contributed by atoms with Crippen molar-refractivity contribution in [2.45, 2.75) is 31.8 Å². The number of urea groups is 1. The molecule has 0 bridgehead atoms. The normalized spacial score (nSPS) is 26.1. The minimum atomic E-state index is -0.936. The van der Waals surface area contributed by atoms with Crippen molar-refractivity contribution in [1.29, 1.82) is 0 Å². The minimum Gasteiger partial charge on any atom is -0.490 e. The lowest BCUT2D eigenvalue weighted by molar-refractivity contribution is 0.0697. The van der Waals surface area contributed by atoms with E-state index >= 15 is 0 Å². The van der Waals surface area contributed by atoms with Gasteiger partial charge in [0.15, 0.2) is 0 Å². The molecule has 25 heavy (non-hydrogen) atoms. The smallest absolute Gasteiger partial charge is 0.335 e. The van der Waals surface area contributed by atoms with Gasteiger partial charge >= 0.3 is 12.0 Å². The fourth-order valence-electron chi connectivity index (χ4n) is 4.15. The molecular formula is C19H24N2O4. The molecule has 0 unspecified atom stereocenters. The first-order valence-electron chi connectivity index (χ1n) is 9.14. The fraction of sp³-hybridized carbons (Fsp3) is 0.579. The van der Waals surface area contributed by atoms with E-state index in [0.717, 1.165) is 50.9 Å². The molecule has 6 heteroatoms. The number of carbonyl (C=O) groups is 2. The topological polar surface area (TPSA) is 70.1 Å². The monoisotopic (exact) mass is 344 g/mol. The summed E-state index contributed by atoms with van der Waals surface area (Å²) in [6.07, 6.45) is 4.27. The first-order chi connectivity index (χ1) is 12.1. The Hall–Kier alpha value is -2.24. The Balaban J connectivity index is 1.26. The Morgan fingerprint density at radius 1 is 0.920 bits per heavy atom. The van der Waals surface area contributed by atoms with Crippen LogP contribution in [-0.2, 0) is 0 Å². The molecule has 0 radical (unpaired) electrons. The molecule has 6 nitrogen and oxygen atoms in total. The van der Waals surface area contributed by atoms with Gasteiger partial charge < -0.3 is 19.6 Å². The quantitative estimate of drug-likeness (QED) is 0.915. The molecule has 2 atom stereocenters. The Morgan fingerprint density at radius 3 is 2.04 bits per heavy atom. The van der Waals surface area contributed by atoms with Gasteiger partial charge in [-0.25, -0.2) is 9.59 Å². The van der Waals surface area contributed by atoms with Gasteiger partial charge in [-0.1, -0.05) is 0 Å². The van der Waals surface area contributed by atoms with Gasteiger partial charge in [0, 0.05) is 39.0 Å². The number of rotatable bonds is 3. The second-order valence-electron chi connectivity index (χ2n) is 7.42. The van der Waals surface area contributed by atoms with E-state index in [0.29, 0.717) is 5.75 Å². The number of fused-ring (bicyclic) bond motifs is 1. The molecule has 1 aliphatic carbocycles. The van der Waals surface area contributed by atoms with Gasteiger partial charge in [0.2, 0.25) is 0 Å². The minimum absolute atomic E-state index is 0.0782. The zero-order chi connectivity index (χ0) is 17.4. The van der Waals surface area contributed by atoms with Crippen molar-refractivity contribution >= 4 is 12.0 Å². The Bertz CT molecular complexity index is 640. The number of piperidine rings is 1.